The Kier molecular flexibility index (Phi) is 3.87. The topological polar surface area (TPSA) is 63.4 Å². The summed E-state index contributed by atoms with van der Waals surface area (Å²) in [6.07, 6.45) is 0.165. The Morgan fingerprint density at radius 2 is 2.22 bits per heavy atom. The first-order valence-electron chi connectivity index (χ1n) is 6.46. The van der Waals surface area contributed by atoms with E-state index in [9.17, 15) is 0 Å². The van der Waals surface area contributed by atoms with Gasteiger partial charge in [0, 0.05) is 6.54 Å². The lowest BCUT2D eigenvalue weighted by Crippen LogP contribution is -2.52. The predicted molar refractivity (Wildman–Crippen MR) is 68.5 cm³/mol. The van der Waals surface area contributed by atoms with Crippen molar-refractivity contribution in [3.05, 3.63) is 5.89 Å². The van der Waals surface area contributed by atoms with Crippen LogP contribution in [0.2, 0.25) is 0 Å². The van der Waals surface area contributed by atoms with Crippen LogP contribution in [0.3, 0.4) is 0 Å². The molecule has 1 aromatic heterocycles. The standard InChI is InChI=1S/C12H22N4O2/c1-5-13-6-10-14-15-11(17-10)16-7-9(2)18-12(3,4)8-16/h9,13H,5-8H2,1-4H3. The molecule has 2 rings (SSSR count). The second-order valence-electron chi connectivity index (χ2n) is 5.33. The van der Waals surface area contributed by atoms with E-state index in [0.29, 0.717) is 18.5 Å². The fraction of sp³-hybridized carbons (Fsp3) is 0.833. The van der Waals surface area contributed by atoms with Crippen molar-refractivity contribution in [2.75, 3.05) is 24.5 Å². The Balaban J connectivity index is 2.04. The summed E-state index contributed by atoms with van der Waals surface area (Å²) < 4.78 is 11.5. The zero-order chi connectivity index (χ0) is 13.2. The molecule has 1 aliphatic rings. The molecular weight excluding hydrogens is 232 g/mol. The minimum Gasteiger partial charge on any atom is -0.407 e. The molecule has 102 valence electrons. The van der Waals surface area contributed by atoms with Gasteiger partial charge in [-0.15, -0.1) is 5.10 Å². The first-order valence-corrected chi connectivity index (χ1v) is 6.46. The average molecular weight is 254 g/mol. The van der Waals surface area contributed by atoms with Gasteiger partial charge in [0.15, 0.2) is 0 Å². The fourth-order valence-corrected chi connectivity index (χ4v) is 2.28. The number of hydrogen-bond donors (Lipinski definition) is 1. The van der Waals surface area contributed by atoms with E-state index in [2.05, 4.69) is 41.2 Å². The zero-order valence-corrected chi connectivity index (χ0v) is 11.6. The third-order valence-electron chi connectivity index (χ3n) is 2.82. The van der Waals surface area contributed by atoms with Gasteiger partial charge in [-0.05, 0) is 27.3 Å². The van der Waals surface area contributed by atoms with Gasteiger partial charge in [-0.1, -0.05) is 12.0 Å². The quantitative estimate of drug-likeness (QED) is 0.870. The van der Waals surface area contributed by atoms with Crippen molar-refractivity contribution in [2.24, 2.45) is 0 Å². The molecular formula is C12H22N4O2. The largest absolute Gasteiger partial charge is 0.407 e. The minimum absolute atomic E-state index is 0.165. The number of nitrogens with one attached hydrogen (secondary N) is 1. The molecule has 0 aliphatic carbocycles. The molecule has 1 atom stereocenters. The normalized spacial score (nSPS) is 23.3. The van der Waals surface area contributed by atoms with Gasteiger partial charge in [0.1, 0.15) is 0 Å². The van der Waals surface area contributed by atoms with E-state index in [1.165, 1.54) is 0 Å². The van der Waals surface area contributed by atoms with Crippen LogP contribution in [0.4, 0.5) is 6.01 Å². The lowest BCUT2D eigenvalue weighted by Gasteiger charge is -2.40. The lowest BCUT2D eigenvalue weighted by atomic mass is 10.1. The molecule has 6 heteroatoms. The van der Waals surface area contributed by atoms with Gasteiger partial charge < -0.3 is 19.4 Å². The van der Waals surface area contributed by atoms with E-state index in [-0.39, 0.29) is 11.7 Å². The molecule has 6 nitrogen and oxygen atoms in total. The van der Waals surface area contributed by atoms with Crippen LogP contribution < -0.4 is 10.2 Å². The molecule has 0 radical (unpaired) electrons. The molecule has 0 amide bonds. The molecule has 18 heavy (non-hydrogen) atoms. The number of rotatable bonds is 4. The average Bonchev–Trinajstić information content (AvgIpc) is 2.72. The number of ether oxygens (including phenoxy) is 1. The van der Waals surface area contributed by atoms with Crippen molar-refractivity contribution in [2.45, 2.75) is 45.9 Å². The predicted octanol–water partition coefficient (Wildman–Crippen LogP) is 1.18. The minimum atomic E-state index is -0.187. The first-order chi connectivity index (χ1) is 8.50. The molecule has 1 unspecified atom stereocenters. The van der Waals surface area contributed by atoms with Crippen molar-refractivity contribution in [1.82, 2.24) is 15.5 Å². The first kappa shape index (κ1) is 13.3. The highest BCUT2D eigenvalue weighted by Gasteiger charge is 2.33. The molecule has 1 aliphatic heterocycles. The summed E-state index contributed by atoms with van der Waals surface area (Å²) in [5, 5.41) is 11.3. The molecule has 0 aromatic carbocycles. The molecule has 0 saturated carbocycles. The van der Waals surface area contributed by atoms with Crippen LogP contribution in [0.5, 0.6) is 0 Å². The van der Waals surface area contributed by atoms with E-state index >= 15 is 0 Å². The number of morpholine rings is 1. The molecule has 1 saturated heterocycles. The van der Waals surface area contributed by atoms with Crippen molar-refractivity contribution >= 4 is 6.01 Å². The van der Waals surface area contributed by atoms with Gasteiger partial charge in [0.2, 0.25) is 5.89 Å². The highest BCUT2D eigenvalue weighted by Crippen LogP contribution is 2.24. The van der Waals surface area contributed by atoms with E-state index in [1.807, 2.05) is 6.92 Å². The van der Waals surface area contributed by atoms with Crippen LogP contribution in [0.25, 0.3) is 0 Å². The summed E-state index contributed by atoms with van der Waals surface area (Å²) in [5.41, 5.74) is -0.187. The second-order valence-corrected chi connectivity index (χ2v) is 5.33. The van der Waals surface area contributed by atoms with Gasteiger partial charge in [-0.25, -0.2) is 0 Å². The van der Waals surface area contributed by atoms with Crippen molar-refractivity contribution in [3.8, 4) is 0 Å². The van der Waals surface area contributed by atoms with E-state index in [1.54, 1.807) is 0 Å². The van der Waals surface area contributed by atoms with Crippen LogP contribution in [0, 0.1) is 0 Å². The SMILES string of the molecule is CCNCc1nnc(N2CC(C)OC(C)(C)C2)o1. The molecule has 2 heterocycles. The summed E-state index contributed by atoms with van der Waals surface area (Å²) in [7, 11) is 0. The van der Waals surface area contributed by atoms with E-state index in [0.717, 1.165) is 19.6 Å². The Hall–Kier alpha value is -1.14. The number of anilines is 1. The van der Waals surface area contributed by atoms with Crippen molar-refractivity contribution in [3.63, 3.8) is 0 Å². The van der Waals surface area contributed by atoms with E-state index < -0.39 is 0 Å². The Morgan fingerprint density at radius 1 is 1.44 bits per heavy atom. The smallest absolute Gasteiger partial charge is 0.318 e. The molecule has 0 spiro atoms. The zero-order valence-electron chi connectivity index (χ0n) is 11.6. The Morgan fingerprint density at radius 3 is 2.89 bits per heavy atom. The number of aromatic nitrogens is 2. The maximum atomic E-state index is 5.85. The Bertz CT molecular complexity index is 391. The summed E-state index contributed by atoms with van der Waals surface area (Å²) >= 11 is 0. The lowest BCUT2D eigenvalue weighted by molar-refractivity contribution is -0.0761. The summed E-state index contributed by atoms with van der Waals surface area (Å²) in [6, 6.07) is 0.589. The molecule has 0 bridgehead atoms. The van der Waals surface area contributed by atoms with E-state index in [4.69, 9.17) is 9.15 Å². The van der Waals surface area contributed by atoms with Gasteiger partial charge in [-0.3, -0.25) is 0 Å². The summed E-state index contributed by atoms with van der Waals surface area (Å²) in [5.74, 6) is 0.629. The van der Waals surface area contributed by atoms with Gasteiger partial charge >= 0.3 is 6.01 Å². The summed E-state index contributed by atoms with van der Waals surface area (Å²) in [6.45, 7) is 11.3. The van der Waals surface area contributed by atoms with Gasteiger partial charge in [-0.2, -0.15) is 0 Å². The molecule has 1 aromatic rings. The van der Waals surface area contributed by atoms with Crippen molar-refractivity contribution in [1.29, 1.82) is 0 Å². The van der Waals surface area contributed by atoms with Crippen LogP contribution in [0.1, 0.15) is 33.6 Å². The third-order valence-corrected chi connectivity index (χ3v) is 2.82. The van der Waals surface area contributed by atoms with Crippen molar-refractivity contribution < 1.29 is 9.15 Å². The van der Waals surface area contributed by atoms with Gasteiger partial charge in [0.25, 0.3) is 0 Å². The highest BCUT2D eigenvalue weighted by molar-refractivity contribution is 5.26. The Labute approximate surface area is 108 Å². The third kappa shape index (κ3) is 3.20. The maximum absolute atomic E-state index is 5.85. The number of nitrogens with zero attached hydrogens (tertiary/aromatic N) is 3. The second kappa shape index (κ2) is 5.24. The molecule has 1 N–H and O–H groups in total. The van der Waals surface area contributed by atoms with Crippen LogP contribution in [0.15, 0.2) is 4.42 Å². The monoisotopic (exact) mass is 254 g/mol. The summed E-state index contributed by atoms with van der Waals surface area (Å²) in [4.78, 5) is 2.09. The van der Waals surface area contributed by atoms with Crippen LogP contribution in [-0.2, 0) is 11.3 Å². The number of hydrogen-bond acceptors (Lipinski definition) is 6. The highest BCUT2D eigenvalue weighted by atomic mass is 16.5. The van der Waals surface area contributed by atoms with Gasteiger partial charge in [0.05, 0.1) is 24.8 Å². The van der Waals surface area contributed by atoms with Crippen LogP contribution >= 0.6 is 0 Å². The molecule has 1 fully saturated rings. The fourth-order valence-electron chi connectivity index (χ4n) is 2.28. The van der Waals surface area contributed by atoms with Crippen LogP contribution in [-0.4, -0.2) is 41.5 Å². The maximum Gasteiger partial charge on any atom is 0.318 e.